The van der Waals surface area contributed by atoms with Gasteiger partial charge in [0.25, 0.3) is 17.6 Å². The molecule has 0 saturated carbocycles. The van der Waals surface area contributed by atoms with E-state index in [0.29, 0.717) is 30.1 Å². The van der Waals surface area contributed by atoms with Gasteiger partial charge < -0.3 is 20.0 Å². The minimum absolute atomic E-state index is 0.0963. The molecule has 2 aromatic heterocycles. The van der Waals surface area contributed by atoms with Gasteiger partial charge in [-0.05, 0) is 30.3 Å². The van der Waals surface area contributed by atoms with Crippen LogP contribution in [0.3, 0.4) is 0 Å². The van der Waals surface area contributed by atoms with Gasteiger partial charge in [-0.3, -0.25) is 14.5 Å². The molecule has 3 heterocycles. The number of benzene rings is 1. The molecule has 31 heavy (non-hydrogen) atoms. The molecule has 1 aromatic carbocycles. The third kappa shape index (κ3) is 5.49. The van der Waals surface area contributed by atoms with Crippen LogP contribution in [0.2, 0.25) is 0 Å². The van der Waals surface area contributed by atoms with E-state index in [1.807, 2.05) is 18.3 Å². The molecule has 3 aromatic rings. The summed E-state index contributed by atoms with van der Waals surface area (Å²) in [4.78, 5) is 32.0. The maximum Gasteiger partial charge on any atom is 0.279 e. The fourth-order valence-electron chi connectivity index (χ4n) is 3.71. The summed E-state index contributed by atoms with van der Waals surface area (Å²) >= 11 is 0. The van der Waals surface area contributed by atoms with Crippen LogP contribution in [-0.4, -0.2) is 44.5 Å². The zero-order valence-electron chi connectivity index (χ0n) is 17.3. The second kappa shape index (κ2) is 9.90. The summed E-state index contributed by atoms with van der Waals surface area (Å²) in [7, 11) is 0. The Morgan fingerprint density at radius 1 is 1.03 bits per heavy atom. The molecule has 0 aliphatic carbocycles. The summed E-state index contributed by atoms with van der Waals surface area (Å²) in [6, 6.07) is 16.6. The zero-order valence-corrected chi connectivity index (χ0v) is 17.3. The van der Waals surface area contributed by atoms with Crippen molar-refractivity contribution < 1.29 is 23.9 Å². The molecule has 160 valence electrons. The highest BCUT2D eigenvalue weighted by molar-refractivity contribution is 6.03. The number of piperazine rings is 1. The highest BCUT2D eigenvalue weighted by atomic mass is 16.3. The molecule has 0 atom stereocenters. The fraction of sp³-hybridized carbons (Fsp3) is 0.261. The van der Waals surface area contributed by atoms with Crippen LogP contribution in [-0.2, 0) is 11.3 Å². The molecule has 8 heteroatoms. The minimum atomic E-state index is -0.257. The first-order valence-corrected chi connectivity index (χ1v) is 10.4. The number of aromatic amines is 1. The van der Waals surface area contributed by atoms with E-state index in [1.165, 1.54) is 4.90 Å². The van der Waals surface area contributed by atoms with Crippen molar-refractivity contribution in [2.75, 3.05) is 42.9 Å². The van der Waals surface area contributed by atoms with E-state index >= 15 is 0 Å². The van der Waals surface area contributed by atoms with Gasteiger partial charge in [0.2, 0.25) is 0 Å². The maximum absolute atomic E-state index is 12.7. The highest BCUT2D eigenvalue weighted by Crippen LogP contribution is 2.15. The number of furan rings is 1. The van der Waals surface area contributed by atoms with Crippen molar-refractivity contribution >= 4 is 23.3 Å². The van der Waals surface area contributed by atoms with Gasteiger partial charge >= 0.3 is 0 Å². The maximum atomic E-state index is 12.7. The summed E-state index contributed by atoms with van der Waals surface area (Å²) in [5.74, 6) is 1.42. The van der Waals surface area contributed by atoms with Gasteiger partial charge in [-0.25, -0.2) is 4.98 Å². The summed E-state index contributed by atoms with van der Waals surface area (Å²) in [5, 5.41) is 5.73. The van der Waals surface area contributed by atoms with E-state index in [-0.39, 0.29) is 11.8 Å². The Morgan fingerprint density at radius 3 is 2.58 bits per heavy atom. The van der Waals surface area contributed by atoms with Gasteiger partial charge in [0, 0.05) is 6.07 Å². The largest absolute Gasteiger partial charge is 0.467 e. The van der Waals surface area contributed by atoms with Crippen LogP contribution in [0.1, 0.15) is 16.1 Å². The number of nitrogens with zero attached hydrogens (tertiary/aromatic N) is 1. The van der Waals surface area contributed by atoms with Crippen molar-refractivity contribution in [2.24, 2.45) is 0 Å². The first kappa shape index (κ1) is 20.6. The van der Waals surface area contributed by atoms with Crippen molar-refractivity contribution in [1.29, 1.82) is 0 Å². The normalized spacial score (nSPS) is 14.3. The molecule has 4 rings (SSSR count). The number of rotatable bonds is 7. The number of aromatic nitrogens is 1. The Hall–Kier alpha value is -3.65. The number of para-hydroxylation sites is 1. The number of carbonyl (C=O) groups excluding carboxylic acids is 2. The second-order valence-corrected chi connectivity index (χ2v) is 7.52. The van der Waals surface area contributed by atoms with Crippen molar-refractivity contribution in [3.05, 3.63) is 78.4 Å². The minimum Gasteiger partial charge on any atom is -0.467 e. The molecule has 0 radical (unpaired) electrons. The number of nitrogens with one attached hydrogen (secondary N) is 4. The number of anilines is 2. The molecule has 8 nitrogen and oxygen atoms in total. The molecule has 1 fully saturated rings. The number of quaternary nitrogens is 1. The molecule has 1 aliphatic heterocycles. The summed E-state index contributed by atoms with van der Waals surface area (Å²) in [6.07, 6.45) is 3.49. The van der Waals surface area contributed by atoms with Crippen LogP contribution in [0.5, 0.6) is 0 Å². The first-order valence-electron chi connectivity index (χ1n) is 10.4. The summed E-state index contributed by atoms with van der Waals surface area (Å²) in [6.45, 7) is 4.18. The lowest BCUT2D eigenvalue weighted by atomic mass is 10.1. The van der Waals surface area contributed by atoms with E-state index in [4.69, 9.17) is 4.42 Å². The van der Waals surface area contributed by atoms with Crippen LogP contribution in [0.25, 0.3) is 0 Å². The SMILES string of the molecule is O=C(C[NH+]1CCN(c2cccc[nH+]2)CC1)Nc1ccccc1C(=O)NCc1ccco1. The monoisotopic (exact) mass is 421 g/mol. The number of hydrogen-bond donors (Lipinski definition) is 3. The standard InChI is InChI=1S/C23H25N5O3/c29-22(17-27-11-13-28(14-12-27)21-9-3-4-10-24-21)26-20-8-2-1-7-19(20)23(30)25-16-18-6-5-15-31-18/h1-10,15H,11-14,16-17H2,(H,25,30)(H,26,29)/p+2. The van der Waals surface area contributed by atoms with E-state index in [9.17, 15) is 9.59 Å². The average molecular weight is 422 g/mol. The Labute approximate surface area is 180 Å². The lowest BCUT2D eigenvalue weighted by Crippen LogP contribution is -3.15. The smallest absolute Gasteiger partial charge is 0.279 e. The van der Waals surface area contributed by atoms with Crippen molar-refractivity contribution in [2.45, 2.75) is 6.54 Å². The average Bonchev–Trinajstić information content (AvgIpc) is 3.33. The fourth-order valence-corrected chi connectivity index (χ4v) is 3.71. The number of amides is 2. The van der Waals surface area contributed by atoms with Crippen molar-refractivity contribution in [3.63, 3.8) is 0 Å². The molecule has 0 spiro atoms. The Bertz CT molecular complexity index is 999. The molecule has 2 amide bonds. The third-order valence-corrected chi connectivity index (χ3v) is 5.36. The van der Waals surface area contributed by atoms with Crippen LogP contribution >= 0.6 is 0 Å². The summed E-state index contributed by atoms with van der Waals surface area (Å²) in [5.41, 5.74) is 0.947. The van der Waals surface area contributed by atoms with E-state index in [0.717, 1.165) is 32.0 Å². The van der Waals surface area contributed by atoms with Gasteiger partial charge in [-0.15, -0.1) is 0 Å². The number of H-pyrrole nitrogens is 1. The predicted molar refractivity (Wildman–Crippen MR) is 116 cm³/mol. The van der Waals surface area contributed by atoms with Crippen LogP contribution in [0.15, 0.2) is 71.5 Å². The Morgan fingerprint density at radius 2 is 1.84 bits per heavy atom. The Balaban J connectivity index is 1.29. The van der Waals surface area contributed by atoms with Gasteiger partial charge in [-0.1, -0.05) is 18.2 Å². The molecular formula is C23H27N5O3+2. The van der Waals surface area contributed by atoms with E-state index < -0.39 is 0 Å². The van der Waals surface area contributed by atoms with Gasteiger partial charge in [0.1, 0.15) is 31.9 Å². The van der Waals surface area contributed by atoms with Gasteiger partial charge in [0.05, 0.1) is 30.3 Å². The molecule has 1 saturated heterocycles. The number of carbonyl (C=O) groups is 2. The van der Waals surface area contributed by atoms with Crippen molar-refractivity contribution in [3.8, 4) is 0 Å². The number of hydrogen-bond acceptors (Lipinski definition) is 4. The van der Waals surface area contributed by atoms with Crippen LogP contribution in [0.4, 0.5) is 11.5 Å². The predicted octanol–water partition coefficient (Wildman–Crippen LogP) is 0.367. The Kier molecular flexibility index (Phi) is 6.59. The molecule has 0 unspecified atom stereocenters. The number of pyridine rings is 1. The quantitative estimate of drug-likeness (QED) is 0.514. The highest BCUT2D eigenvalue weighted by Gasteiger charge is 2.27. The van der Waals surface area contributed by atoms with Crippen LogP contribution in [0, 0.1) is 0 Å². The molecule has 4 N–H and O–H groups in total. The van der Waals surface area contributed by atoms with Gasteiger partial charge in [0.15, 0.2) is 6.54 Å². The molecule has 0 bridgehead atoms. The lowest BCUT2D eigenvalue weighted by Gasteiger charge is -2.27. The van der Waals surface area contributed by atoms with Crippen molar-refractivity contribution in [1.82, 2.24) is 5.32 Å². The molecule has 1 aliphatic rings. The third-order valence-electron chi connectivity index (χ3n) is 5.36. The summed E-state index contributed by atoms with van der Waals surface area (Å²) < 4.78 is 5.24. The van der Waals surface area contributed by atoms with Crippen LogP contribution < -0.4 is 25.4 Å². The second-order valence-electron chi connectivity index (χ2n) is 7.52. The lowest BCUT2D eigenvalue weighted by molar-refractivity contribution is -0.892. The topological polar surface area (TPSA) is 93.2 Å². The zero-order chi connectivity index (χ0) is 21.5. The van der Waals surface area contributed by atoms with Gasteiger partial charge in [-0.2, -0.15) is 0 Å². The first-order chi connectivity index (χ1) is 15.2. The van der Waals surface area contributed by atoms with E-state index in [2.05, 4.69) is 26.6 Å². The van der Waals surface area contributed by atoms with E-state index in [1.54, 1.807) is 42.7 Å². The molecular weight excluding hydrogens is 394 g/mol.